The van der Waals surface area contributed by atoms with Crippen molar-refractivity contribution in [1.82, 2.24) is 24.3 Å². The summed E-state index contributed by atoms with van der Waals surface area (Å²) in [5.41, 5.74) is 2.69. The summed E-state index contributed by atoms with van der Waals surface area (Å²) in [6.45, 7) is 4.46. The summed E-state index contributed by atoms with van der Waals surface area (Å²) in [7, 11) is 0. The first-order valence-electron chi connectivity index (χ1n) is 10.2. The Balaban J connectivity index is 1.37. The lowest BCUT2D eigenvalue weighted by atomic mass is 9.92. The van der Waals surface area contributed by atoms with Gasteiger partial charge in [-0.15, -0.1) is 0 Å². The van der Waals surface area contributed by atoms with Crippen molar-refractivity contribution in [1.29, 1.82) is 0 Å². The van der Waals surface area contributed by atoms with E-state index in [9.17, 15) is 9.59 Å². The minimum absolute atomic E-state index is 0.0890. The van der Waals surface area contributed by atoms with Gasteiger partial charge in [0.2, 0.25) is 0 Å². The highest BCUT2D eigenvalue weighted by Crippen LogP contribution is 2.32. The molecule has 2 amide bonds. The number of hydrogen-bond acceptors (Lipinski definition) is 5. The van der Waals surface area contributed by atoms with Gasteiger partial charge in [0.25, 0.3) is 5.91 Å². The lowest BCUT2D eigenvalue weighted by molar-refractivity contribution is 0.0361. The van der Waals surface area contributed by atoms with Gasteiger partial charge in [0.1, 0.15) is 12.1 Å². The van der Waals surface area contributed by atoms with E-state index >= 15 is 0 Å². The fraction of sp³-hybridized carbons (Fsp3) is 0.364. The van der Waals surface area contributed by atoms with Crippen LogP contribution < -0.4 is 0 Å². The van der Waals surface area contributed by atoms with Gasteiger partial charge in [0, 0.05) is 25.8 Å². The summed E-state index contributed by atoms with van der Waals surface area (Å²) in [6.07, 6.45) is 3.83. The molecular weight excluding hydrogens is 382 g/mol. The number of nitrogens with zero attached hydrogens (tertiary/aromatic N) is 5. The number of hydrogen-bond donors (Lipinski definition) is 0. The maximum Gasteiger partial charge on any atom is 0.410 e. The average molecular weight is 405 g/mol. The number of imidazole rings is 1. The Morgan fingerprint density at radius 3 is 2.83 bits per heavy atom. The largest absolute Gasteiger partial charge is 0.447 e. The molecule has 2 aromatic heterocycles. The molecule has 1 unspecified atom stereocenters. The van der Waals surface area contributed by atoms with Crippen LogP contribution in [0.4, 0.5) is 4.79 Å². The summed E-state index contributed by atoms with van der Waals surface area (Å²) >= 11 is 0. The van der Waals surface area contributed by atoms with Crippen LogP contribution in [0.3, 0.4) is 0 Å². The molecule has 154 valence electrons. The SMILES string of the molecule is CCC12COC(=O)N1CCN(C(=O)c1cnc3c(c1)ncn3Cc1ccccc1)C2. The second kappa shape index (κ2) is 7.12. The Morgan fingerprint density at radius 2 is 2.03 bits per heavy atom. The number of carbonyl (C=O) groups is 2. The highest BCUT2D eigenvalue weighted by atomic mass is 16.6. The van der Waals surface area contributed by atoms with Crippen LogP contribution in [-0.4, -0.2) is 68.1 Å². The van der Waals surface area contributed by atoms with Crippen LogP contribution in [0, 0.1) is 0 Å². The van der Waals surface area contributed by atoms with Gasteiger partial charge in [-0.25, -0.2) is 14.8 Å². The number of cyclic esters (lactones) is 1. The predicted octanol–water partition coefficient (Wildman–Crippen LogP) is 2.54. The van der Waals surface area contributed by atoms with Crippen LogP contribution in [0.15, 0.2) is 48.9 Å². The van der Waals surface area contributed by atoms with E-state index in [0.717, 1.165) is 17.6 Å². The number of fused-ring (bicyclic) bond motifs is 2. The van der Waals surface area contributed by atoms with Gasteiger partial charge in [-0.1, -0.05) is 37.3 Å². The van der Waals surface area contributed by atoms with E-state index in [1.165, 1.54) is 0 Å². The molecule has 8 nitrogen and oxygen atoms in total. The van der Waals surface area contributed by atoms with Gasteiger partial charge in [0.15, 0.2) is 5.65 Å². The average Bonchev–Trinajstić information content (AvgIpc) is 3.34. The second-order valence-corrected chi connectivity index (χ2v) is 7.94. The highest BCUT2D eigenvalue weighted by Gasteiger charge is 2.50. The lowest BCUT2D eigenvalue weighted by Crippen LogP contribution is -2.62. The normalized spacial score (nSPS) is 21.0. The van der Waals surface area contributed by atoms with Crippen molar-refractivity contribution in [3.63, 3.8) is 0 Å². The summed E-state index contributed by atoms with van der Waals surface area (Å²) in [5, 5.41) is 0. The molecule has 2 fully saturated rings. The quantitative estimate of drug-likeness (QED) is 0.666. The first kappa shape index (κ1) is 18.6. The minimum atomic E-state index is -0.431. The van der Waals surface area contributed by atoms with Crippen molar-refractivity contribution in [3.05, 3.63) is 60.0 Å². The van der Waals surface area contributed by atoms with E-state index in [4.69, 9.17) is 4.74 Å². The van der Waals surface area contributed by atoms with Crippen LogP contribution in [-0.2, 0) is 11.3 Å². The Labute approximate surface area is 174 Å². The van der Waals surface area contributed by atoms with Gasteiger partial charge in [-0.2, -0.15) is 0 Å². The number of piperazine rings is 1. The topological polar surface area (TPSA) is 80.6 Å². The van der Waals surface area contributed by atoms with Crippen LogP contribution in [0.1, 0.15) is 29.3 Å². The molecule has 4 heterocycles. The lowest BCUT2D eigenvalue weighted by Gasteiger charge is -2.44. The van der Waals surface area contributed by atoms with Crippen molar-refractivity contribution in [3.8, 4) is 0 Å². The van der Waals surface area contributed by atoms with Crippen molar-refractivity contribution in [2.24, 2.45) is 0 Å². The number of aromatic nitrogens is 3. The van der Waals surface area contributed by atoms with E-state index in [-0.39, 0.29) is 12.0 Å². The van der Waals surface area contributed by atoms with Crippen LogP contribution >= 0.6 is 0 Å². The fourth-order valence-corrected chi connectivity index (χ4v) is 4.38. The van der Waals surface area contributed by atoms with Crippen molar-refractivity contribution < 1.29 is 14.3 Å². The number of pyridine rings is 1. The van der Waals surface area contributed by atoms with Crippen LogP contribution in [0.2, 0.25) is 0 Å². The summed E-state index contributed by atoms with van der Waals surface area (Å²) in [5.74, 6) is -0.0890. The maximum absolute atomic E-state index is 13.2. The number of rotatable bonds is 4. The fourth-order valence-electron chi connectivity index (χ4n) is 4.38. The number of amides is 2. The third kappa shape index (κ3) is 2.99. The number of benzene rings is 1. The molecule has 0 radical (unpaired) electrons. The Hall–Kier alpha value is -3.42. The molecule has 30 heavy (non-hydrogen) atoms. The van der Waals surface area contributed by atoms with E-state index < -0.39 is 5.54 Å². The molecule has 0 saturated carbocycles. The first-order chi connectivity index (χ1) is 14.6. The molecular formula is C22H23N5O3. The zero-order valence-electron chi connectivity index (χ0n) is 16.8. The van der Waals surface area contributed by atoms with E-state index in [2.05, 4.69) is 22.1 Å². The molecule has 0 aliphatic carbocycles. The molecule has 2 saturated heterocycles. The summed E-state index contributed by atoms with van der Waals surface area (Å²) in [4.78, 5) is 37.7. The summed E-state index contributed by atoms with van der Waals surface area (Å²) < 4.78 is 7.24. The van der Waals surface area contributed by atoms with Crippen molar-refractivity contribution >= 4 is 23.2 Å². The van der Waals surface area contributed by atoms with Crippen LogP contribution in [0.25, 0.3) is 11.2 Å². The Bertz CT molecular complexity index is 1110. The standard InChI is InChI=1S/C22H23N5O3/c1-2-22-13-25(8-9-27(22)21(29)30-14-22)20(28)17-10-18-19(23-11-17)26(15-24-18)12-16-6-4-3-5-7-16/h3-7,10-11,15H,2,8-9,12-14H2,1H3. The number of ether oxygens (including phenoxy) is 1. The predicted molar refractivity (Wildman–Crippen MR) is 110 cm³/mol. The Morgan fingerprint density at radius 1 is 1.20 bits per heavy atom. The molecule has 2 aliphatic heterocycles. The minimum Gasteiger partial charge on any atom is -0.447 e. The van der Waals surface area contributed by atoms with Crippen molar-refractivity contribution in [2.75, 3.05) is 26.2 Å². The van der Waals surface area contributed by atoms with Crippen molar-refractivity contribution in [2.45, 2.75) is 25.4 Å². The third-order valence-corrected chi connectivity index (χ3v) is 6.18. The van der Waals surface area contributed by atoms with Crippen LogP contribution in [0.5, 0.6) is 0 Å². The molecule has 1 aromatic carbocycles. The van der Waals surface area contributed by atoms with Gasteiger partial charge >= 0.3 is 6.09 Å². The zero-order chi connectivity index (χ0) is 20.7. The maximum atomic E-state index is 13.2. The van der Waals surface area contributed by atoms with E-state index in [1.807, 2.05) is 29.7 Å². The van der Waals surface area contributed by atoms with Gasteiger partial charge < -0.3 is 14.2 Å². The zero-order valence-corrected chi connectivity index (χ0v) is 16.8. The molecule has 3 aromatic rings. The molecule has 8 heteroatoms. The van der Waals surface area contributed by atoms with E-state index in [1.54, 1.807) is 28.4 Å². The molecule has 0 N–H and O–H groups in total. The summed E-state index contributed by atoms with van der Waals surface area (Å²) in [6, 6.07) is 11.9. The Kier molecular flexibility index (Phi) is 4.42. The molecule has 1 atom stereocenters. The van der Waals surface area contributed by atoms with Gasteiger partial charge in [-0.3, -0.25) is 9.69 Å². The molecule has 5 rings (SSSR count). The molecule has 0 spiro atoms. The van der Waals surface area contributed by atoms with Gasteiger partial charge in [-0.05, 0) is 18.1 Å². The van der Waals surface area contributed by atoms with Gasteiger partial charge in [0.05, 0.1) is 24.0 Å². The first-order valence-corrected chi connectivity index (χ1v) is 10.2. The monoisotopic (exact) mass is 405 g/mol. The number of carbonyl (C=O) groups excluding carboxylic acids is 2. The molecule has 2 aliphatic rings. The smallest absolute Gasteiger partial charge is 0.410 e. The molecule has 0 bridgehead atoms. The van der Waals surface area contributed by atoms with E-state index in [0.29, 0.717) is 43.9 Å². The highest BCUT2D eigenvalue weighted by molar-refractivity contribution is 5.96. The second-order valence-electron chi connectivity index (χ2n) is 7.94. The third-order valence-electron chi connectivity index (χ3n) is 6.18.